The molecule has 4 aliphatic heterocycles. The maximum atomic E-state index is 14.7. The molecular weight excluding hydrogens is 767 g/mol. The molecule has 0 unspecified atom stereocenters. The van der Waals surface area contributed by atoms with Crippen molar-refractivity contribution in [2.45, 2.75) is 128 Å². The predicted octanol–water partition coefficient (Wildman–Crippen LogP) is 2.40. The Morgan fingerprint density at radius 2 is 1.47 bits per heavy atom. The lowest BCUT2D eigenvalue weighted by Gasteiger charge is -2.39. The molecule has 8 atom stereocenters. The van der Waals surface area contributed by atoms with Crippen LogP contribution in [0.4, 0.5) is 8.78 Å². The van der Waals surface area contributed by atoms with E-state index >= 15 is 0 Å². The van der Waals surface area contributed by atoms with Gasteiger partial charge in [0.15, 0.2) is 0 Å². The number of carbonyl (C=O) groups excluding carboxylic acids is 7. The summed E-state index contributed by atoms with van der Waals surface area (Å²) in [7, 11) is 0. The first kappa shape index (κ1) is 43.2. The molecule has 16 heteroatoms. The average Bonchev–Trinajstić information content (AvgIpc) is 3.83. The minimum Gasteiger partial charge on any atom is -0.458 e. The van der Waals surface area contributed by atoms with Crippen molar-refractivity contribution in [1.82, 2.24) is 30.7 Å². The largest absolute Gasteiger partial charge is 0.458 e. The molecule has 0 aliphatic carbocycles. The molecule has 0 spiro atoms. The van der Waals surface area contributed by atoms with Crippen LogP contribution in [0.1, 0.15) is 81.5 Å². The number of piperidine rings is 1. The van der Waals surface area contributed by atoms with E-state index in [9.17, 15) is 42.3 Å². The lowest BCUT2D eigenvalue weighted by atomic mass is 9.99. The van der Waals surface area contributed by atoms with Gasteiger partial charge in [-0.15, -0.1) is 0 Å². The van der Waals surface area contributed by atoms with Crippen molar-refractivity contribution < 1.29 is 47.1 Å². The highest BCUT2D eigenvalue weighted by molar-refractivity contribution is 5.98. The molecule has 0 radical (unpaired) electrons. The third-order valence-corrected chi connectivity index (χ3v) is 12.0. The van der Waals surface area contributed by atoms with E-state index in [4.69, 9.17) is 4.74 Å². The molecule has 0 bridgehead atoms. The van der Waals surface area contributed by atoms with Crippen LogP contribution in [-0.2, 0) is 51.1 Å². The Labute approximate surface area is 342 Å². The fraction of sp³-hybridized carbons (Fsp3) is 0.558. The molecule has 3 N–H and O–H groups in total. The van der Waals surface area contributed by atoms with Crippen molar-refractivity contribution in [3.63, 3.8) is 0 Å². The third kappa shape index (κ3) is 9.90. The second-order valence-corrected chi connectivity index (χ2v) is 16.6. The van der Waals surface area contributed by atoms with Crippen LogP contribution in [0.25, 0.3) is 0 Å². The lowest BCUT2D eigenvalue weighted by Crippen LogP contribution is -2.63. The fourth-order valence-electron chi connectivity index (χ4n) is 8.74. The monoisotopic (exact) mass is 820 g/mol. The van der Waals surface area contributed by atoms with Crippen molar-refractivity contribution in [3.05, 3.63) is 70.3 Å². The van der Waals surface area contributed by atoms with E-state index in [1.165, 1.54) is 28.5 Å². The Hall–Kier alpha value is -5.41. The van der Waals surface area contributed by atoms with Gasteiger partial charge < -0.3 is 35.4 Å². The van der Waals surface area contributed by atoms with Crippen molar-refractivity contribution in [1.29, 1.82) is 0 Å². The Balaban J connectivity index is 1.34. The molecule has 6 rings (SSSR count). The average molecular weight is 821 g/mol. The lowest BCUT2D eigenvalue weighted by molar-refractivity contribution is -0.163. The molecule has 59 heavy (non-hydrogen) atoms. The Bertz CT molecular complexity index is 1980. The van der Waals surface area contributed by atoms with Crippen molar-refractivity contribution >= 4 is 41.4 Å². The summed E-state index contributed by atoms with van der Waals surface area (Å²) in [5.74, 6) is -6.40. The van der Waals surface area contributed by atoms with Crippen LogP contribution >= 0.6 is 0 Å². The minimum absolute atomic E-state index is 0.0533. The summed E-state index contributed by atoms with van der Waals surface area (Å²) in [6.45, 7) is 9.25. The van der Waals surface area contributed by atoms with Gasteiger partial charge >= 0.3 is 5.97 Å². The Morgan fingerprint density at radius 1 is 0.797 bits per heavy atom. The van der Waals surface area contributed by atoms with Crippen LogP contribution < -0.4 is 16.0 Å². The van der Waals surface area contributed by atoms with Gasteiger partial charge in [-0.3, -0.25) is 28.8 Å². The molecule has 2 aromatic carbocycles. The van der Waals surface area contributed by atoms with Crippen LogP contribution in [0.2, 0.25) is 0 Å². The summed E-state index contributed by atoms with van der Waals surface area (Å²) in [5.41, 5.74) is 2.69. The normalized spacial score (nSPS) is 27.3. The quantitative estimate of drug-likeness (QED) is 0.357. The third-order valence-electron chi connectivity index (χ3n) is 12.0. The number of esters is 1. The van der Waals surface area contributed by atoms with Gasteiger partial charge in [0.2, 0.25) is 35.4 Å². The zero-order valence-corrected chi connectivity index (χ0v) is 34.2. The molecule has 4 saturated heterocycles. The van der Waals surface area contributed by atoms with Crippen LogP contribution in [0, 0.1) is 31.4 Å². The number of hydrogen-bond acceptors (Lipinski definition) is 8. The Morgan fingerprint density at radius 3 is 2.19 bits per heavy atom. The van der Waals surface area contributed by atoms with E-state index in [2.05, 4.69) is 16.0 Å². The van der Waals surface area contributed by atoms with Crippen molar-refractivity contribution in [3.8, 4) is 0 Å². The SMILES string of the molecule is Cc1ccc(CC(=O)N[C@@H](Cc2cc(F)cc(F)c2)C(=O)N[C@@H]2C(=O)N3CCC[C@H]3C(=O)N3CCCC[C@H]3C(=O)N[C@@H](C)C(=O)N3C[C@@H](C)C[C@H]3C(=O)O[C@H]2C)cc1C. The number of nitrogens with one attached hydrogen (secondary N) is 3. The highest BCUT2D eigenvalue weighted by Crippen LogP contribution is 2.29. The van der Waals surface area contributed by atoms with Crippen LogP contribution in [0.15, 0.2) is 36.4 Å². The summed E-state index contributed by atoms with van der Waals surface area (Å²) in [5, 5.41) is 8.11. The van der Waals surface area contributed by atoms with Gasteiger partial charge in [-0.05, 0) is 107 Å². The number of fused-ring (bicyclic) bond motifs is 3. The van der Waals surface area contributed by atoms with Gasteiger partial charge in [0.05, 0.1) is 6.42 Å². The van der Waals surface area contributed by atoms with E-state index in [1.54, 1.807) is 6.07 Å². The molecular formula is C43H54F2N6O8. The van der Waals surface area contributed by atoms with Crippen LogP contribution in [-0.4, -0.2) is 118 Å². The molecule has 2 aromatic rings. The van der Waals surface area contributed by atoms with E-state index in [-0.39, 0.29) is 56.8 Å². The number of aryl methyl sites for hydroxylation is 2. The van der Waals surface area contributed by atoms with Gasteiger partial charge in [0, 0.05) is 32.1 Å². The molecule has 14 nitrogen and oxygen atoms in total. The standard InChI is InChI=1S/C43H54F2N6O8/c1-23-15-35-43(58)59-27(5)37(48-38(53)32(19-29-17-30(44)21-31(45)18-29)47-36(52)20-28-12-11-24(2)25(3)16-28)42(57)50-14-8-10-34(50)41(56)49-13-7-6-9-33(49)39(54)46-26(4)40(55)51(35)22-23/h11-12,16-18,21,23,26-27,32-35,37H,6-10,13-15,19-20,22H2,1-5H3,(H,46,54)(H,47,52)(H,48,53)/t23-,26-,27-,32-,33-,34-,35-,37-/m0/s1. The predicted molar refractivity (Wildman–Crippen MR) is 210 cm³/mol. The Kier molecular flexibility index (Phi) is 13.4. The van der Waals surface area contributed by atoms with Crippen molar-refractivity contribution in [2.24, 2.45) is 5.92 Å². The van der Waals surface area contributed by atoms with Gasteiger partial charge in [-0.25, -0.2) is 13.6 Å². The first-order valence-corrected chi connectivity index (χ1v) is 20.5. The molecule has 0 saturated carbocycles. The molecule has 0 aromatic heterocycles. The molecule has 4 heterocycles. The minimum atomic E-state index is -1.60. The smallest absolute Gasteiger partial charge is 0.329 e. The topological polar surface area (TPSA) is 175 Å². The number of halogens is 2. The zero-order valence-electron chi connectivity index (χ0n) is 34.2. The van der Waals surface area contributed by atoms with Crippen LogP contribution in [0.5, 0.6) is 0 Å². The number of ether oxygens (including phenoxy) is 1. The second-order valence-electron chi connectivity index (χ2n) is 16.6. The summed E-state index contributed by atoms with van der Waals surface area (Å²) >= 11 is 0. The second kappa shape index (κ2) is 18.2. The van der Waals surface area contributed by atoms with Gasteiger partial charge in [0.25, 0.3) is 0 Å². The number of carbonyl (C=O) groups is 7. The molecule has 4 fully saturated rings. The number of rotatable bonds is 7. The summed E-state index contributed by atoms with van der Waals surface area (Å²) in [6, 6.07) is 1.22. The summed E-state index contributed by atoms with van der Waals surface area (Å²) in [6.07, 6.45) is 0.778. The van der Waals surface area contributed by atoms with Crippen molar-refractivity contribution in [2.75, 3.05) is 19.6 Å². The van der Waals surface area contributed by atoms with E-state index in [0.717, 1.165) is 23.3 Å². The number of cyclic esters (lactones) is 1. The van der Waals surface area contributed by atoms with Crippen LogP contribution in [0.3, 0.4) is 0 Å². The number of benzene rings is 2. The number of amides is 6. The fourth-order valence-corrected chi connectivity index (χ4v) is 8.74. The highest BCUT2D eigenvalue weighted by atomic mass is 19.1. The van der Waals surface area contributed by atoms with Gasteiger partial charge in [-0.2, -0.15) is 0 Å². The summed E-state index contributed by atoms with van der Waals surface area (Å²) < 4.78 is 34.7. The molecule has 318 valence electrons. The van der Waals surface area contributed by atoms with Gasteiger partial charge in [0.1, 0.15) is 54.0 Å². The van der Waals surface area contributed by atoms with E-state index in [0.29, 0.717) is 37.3 Å². The molecule has 4 aliphatic rings. The maximum Gasteiger partial charge on any atom is 0.329 e. The highest BCUT2D eigenvalue weighted by Gasteiger charge is 2.47. The maximum absolute atomic E-state index is 14.7. The van der Waals surface area contributed by atoms with E-state index in [1.807, 2.05) is 32.9 Å². The van der Waals surface area contributed by atoms with Gasteiger partial charge in [-0.1, -0.05) is 25.1 Å². The zero-order chi connectivity index (χ0) is 42.7. The first-order valence-electron chi connectivity index (χ1n) is 20.5. The number of hydrogen-bond donors (Lipinski definition) is 3. The molecule has 6 amide bonds. The first-order chi connectivity index (χ1) is 28.0. The number of nitrogens with zero attached hydrogens (tertiary/aromatic N) is 3. The van der Waals surface area contributed by atoms with E-state index < -0.39 is 95.4 Å². The summed E-state index contributed by atoms with van der Waals surface area (Å²) in [4.78, 5) is 103.